The molecule has 3 N–H and O–H groups in total. The first-order chi connectivity index (χ1) is 9.49. The van der Waals surface area contributed by atoms with E-state index in [1.807, 2.05) is 10.9 Å². The van der Waals surface area contributed by atoms with E-state index < -0.39 is 24.4 Å². The molecular weight excluding hydrogens is 286 g/mol. The highest BCUT2D eigenvalue weighted by Crippen LogP contribution is 2.07. The molecule has 0 aliphatic rings. The maximum absolute atomic E-state index is 11.5. The van der Waals surface area contributed by atoms with Gasteiger partial charge < -0.3 is 10.1 Å². The summed E-state index contributed by atoms with van der Waals surface area (Å²) < 4.78 is 4.59. The van der Waals surface area contributed by atoms with Crippen LogP contribution in [0.5, 0.6) is 0 Å². The summed E-state index contributed by atoms with van der Waals surface area (Å²) in [4.78, 5) is 44.8. The highest BCUT2D eigenvalue weighted by atomic mass is 32.1. The lowest BCUT2D eigenvalue weighted by Crippen LogP contribution is -2.43. The Balaban J connectivity index is 2.19. The van der Waals surface area contributed by atoms with Crippen LogP contribution in [-0.2, 0) is 19.1 Å². The summed E-state index contributed by atoms with van der Waals surface area (Å²) in [5.41, 5.74) is 4.06. The van der Waals surface area contributed by atoms with Gasteiger partial charge in [0.05, 0.1) is 4.88 Å². The fourth-order valence-corrected chi connectivity index (χ4v) is 1.68. The van der Waals surface area contributed by atoms with Crippen LogP contribution in [0.1, 0.15) is 16.6 Å². The zero-order chi connectivity index (χ0) is 15.0. The lowest BCUT2D eigenvalue weighted by atomic mass is 10.4. The van der Waals surface area contributed by atoms with Gasteiger partial charge in [0.15, 0.2) is 6.61 Å². The topological polar surface area (TPSA) is 114 Å². The van der Waals surface area contributed by atoms with Gasteiger partial charge in [0.2, 0.25) is 5.91 Å². The largest absolute Gasteiger partial charge is 0.454 e. The summed E-state index contributed by atoms with van der Waals surface area (Å²) in [6.45, 7) is 0.324. The van der Waals surface area contributed by atoms with E-state index in [0.29, 0.717) is 4.88 Å². The van der Waals surface area contributed by atoms with Crippen LogP contribution in [0.3, 0.4) is 0 Å². The SMILES string of the molecule is CC(=O)NNC(=O)COC(=O)CNC(=O)c1cccs1. The van der Waals surface area contributed by atoms with Crippen LogP contribution in [0.15, 0.2) is 17.5 Å². The van der Waals surface area contributed by atoms with E-state index in [-0.39, 0.29) is 12.5 Å². The molecule has 1 aromatic rings. The Labute approximate surface area is 118 Å². The monoisotopic (exact) mass is 299 g/mol. The van der Waals surface area contributed by atoms with E-state index in [1.165, 1.54) is 18.3 Å². The second-order valence-electron chi connectivity index (χ2n) is 3.55. The maximum Gasteiger partial charge on any atom is 0.325 e. The van der Waals surface area contributed by atoms with E-state index in [9.17, 15) is 19.2 Å². The third-order valence-corrected chi connectivity index (χ3v) is 2.75. The summed E-state index contributed by atoms with van der Waals surface area (Å²) in [5.74, 6) is -2.28. The fraction of sp³-hybridized carbons (Fsp3) is 0.273. The molecule has 0 saturated carbocycles. The maximum atomic E-state index is 11.5. The van der Waals surface area contributed by atoms with E-state index in [0.717, 1.165) is 0 Å². The number of nitrogens with one attached hydrogen (secondary N) is 3. The molecule has 108 valence electrons. The zero-order valence-corrected chi connectivity index (χ0v) is 11.4. The third kappa shape index (κ3) is 5.96. The first kappa shape index (κ1) is 15.6. The molecule has 0 aliphatic carbocycles. The van der Waals surface area contributed by atoms with Gasteiger partial charge in [-0.15, -0.1) is 11.3 Å². The Morgan fingerprint density at radius 1 is 1.25 bits per heavy atom. The number of thiophene rings is 1. The highest BCUT2D eigenvalue weighted by molar-refractivity contribution is 7.12. The van der Waals surface area contributed by atoms with Crippen molar-refractivity contribution in [1.82, 2.24) is 16.2 Å². The van der Waals surface area contributed by atoms with E-state index >= 15 is 0 Å². The van der Waals surface area contributed by atoms with Crippen LogP contribution in [0.25, 0.3) is 0 Å². The molecule has 0 aromatic carbocycles. The normalized spacial score (nSPS) is 9.45. The lowest BCUT2D eigenvalue weighted by molar-refractivity contribution is -0.148. The summed E-state index contributed by atoms with van der Waals surface area (Å²) in [6.07, 6.45) is 0. The minimum atomic E-state index is -0.757. The number of hydrogen-bond acceptors (Lipinski definition) is 6. The Morgan fingerprint density at radius 2 is 2.00 bits per heavy atom. The van der Waals surface area contributed by atoms with E-state index in [4.69, 9.17) is 0 Å². The fourth-order valence-electron chi connectivity index (χ4n) is 1.04. The van der Waals surface area contributed by atoms with Crippen LogP contribution in [0.2, 0.25) is 0 Å². The van der Waals surface area contributed by atoms with Crippen molar-refractivity contribution in [2.24, 2.45) is 0 Å². The quantitative estimate of drug-likeness (QED) is 0.486. The number of carbonyl (C=O) groups is 4. The van der Waals surface area contributed by atoms with Crippen molar-refractivity contribution in [1.29, 1.82) is 0 Å². The molecule has 0 radical (unpaired) electrons. The van der Waals surface area contributed by atoms with Crippen molar-refractivity contribution >= 4 is 35.0 Å². The summed E-state index contributed by atoms with van der Waals surface area (Å²) in [7, 11) is 0. The summed E-state index contributed by atoms with van der Waals surface area (Å²) >= 11 is 1.24. The van der Waals surface area contributed by atoms with Gasteiger partial charge in [0, 0.05) is 6.92 Å². The molecule has 0 fully saturated rings. The average molecular weight is 299 g/mol. The molecule has 0 unspecified atom stereocenters. The predicted octanol–water partition coefficient (Wildman–Crippen LogP) is -0.812. The number of carbonyl (C=O) groups excluding carboxylic acids is 4. The molecule has 1 rings (SSSR count). The molecule has 1 aromatic heterocycles. The van der Waals surface area contributed by atoms with Crippen molar-refractivity contribution < 1.29 is 23.9 Å². The summed E-state index contributed by atoms with van der Waals surface area (Å²) in [6, 6.07) is 3.33. The van der Waals surface area contributed by atoms with Gasteiger partial charge in [0.25, 0.3) is 11.8 Å². The highest BCUT2D eigenvalue weighted by Gasteiger charge is 2.11. The number of hydrogen-bond donors (Lipinski definition) is 3. The summed E-state index contributed by atoms with van der Waals surface area (Å²) in [5, 5.41) is 4.09. The number of hydrazine groups is 1. The zero-order valence-electron chi connectivity index (χ0n) is 10.6. The van der Waals surface area contributed by atoms with Gasteiger partial charge in [-0.1, -0.05) is 6.07 Å². The molecule has 9 heteroatoms. The van der Waals surface area contributed by atoms with E-state index in [1.54, 1.807) is 17.5 Å². The Morgan fingerprint density at radius 3 is 2.60 bits per heavy atom. The molecule has 0 bridgehead atoms. The molecule has 0 spiro atoms. The van der Waals surface area contributed by atoms with Gasteiger partial charge in [-0.05, 0) is 11.4 Å². The smallest absolute Gasteiger partial charge is 0.325 e. The number of amides is 3. The standard InChI is InChI=1S/C11H13N3O5S/c1-7(15)13-14-9(16)6-19-10(17)5-12-11(18)8-3-2-4-20-8/h2-4H,5-6H2,1H3,(H,12,18)(H,13,15)(H,14,16). The van der Waals surface area contributed by atoms with Crippen molar-refractivity contribution in [2.75, 3.05) is 13.2 Å². The van der Waals surface area contributed by atoms with Crippen LogP contribution in [0.4, 0.5) is 0 Å². The average Bonchev–Trinajstić information content (AvgIpc) is 2.94. The lowest BCUT2D eigenvalue weighted by Gasteiger charge is -2.07. The second-order valence-corrected chi connectivity index (χ2v) is 4.50. The molecular formula is C11H13N3O5S. The first-order valence-corrected chi connectivity index (χ1v) is 6.39. The predicted molar refractivity (Wildman–Crippen MR) is 69.6 cm³/mol. The molecule has 0 atom stereocenters. The molecule has 0 aliphatic heterocycles. The van der Waals surface area contributed by atoms with E-state index in [2.05, 4.69) is 10.1 Å². The first-order valence-electron chi connectivity index (χ1n) is 5.52. The van der Waals surface area contributed by atoms with Gasteiger partial charge in [-0.25, -0.2) is 0 Å². The molecule has 0 saturated heterocycles. The second kappa shape index (κ2) is 7.89. The van der Waals surface area contributed by atoms with Crippen molar-refractivity contribution in [3.63, 3.8) is 0 Å². The Hall–Kier alpha value is -2.42. The van der Waals surface area contributed by atoms with Gasteiger partial charge in [0.1, 0.15) is 6.54 Å². The molecule has 1 heterocycles. The van der Waals surface area contributed by atoms with Gasteiger partial charge in [-0.3, -0.25) is 30.0 Å². The van der Waals surface area contributed by atoms with Gasteiger partial charge >= 0.3 is 5.97 Å². The Kier molecular flexibility index (Phi) is 6.17. The molecule has 3 amide bonds. The molecule has 8 nitrogen and oxygen atoms in total. The third-order valence-electron chi connectivity index (χ3n) is 1.88. The van der Waals surface area contributed by atoms with Crippen LogP contribution >= 0.6 is 11.3 Å². The number of ether oxygens (including phenoxy) is 1. The minimum Gasteiger partial charge on any atom is -0.454 e. The van der Waals surface area contributed by atoms with Crippen LogP contribution < -0.4 is 16.2 Å². The van der Waals surface area contributed by atoms with Crippen molar-refractivity contribution in [2.45, 2.75) is 6.92 Å². The van der Waals surface area contributed by atoms with Crippen molar-refractivity contribution in [3.05, 3.63) is 22.4 Å². The van der Waals surface area contributed by atoms with Crippen LogP contribution in [0, 0.1) is 0 Å². The van der Waals surface area contributed by atoms with Crippen molar-refractivity contribution in [3.8, 4) is 0 Å². The molecule has 20 heavy (non-hydrogen) atoms. The Bertz CT molecular complexity index is 500. The number of esters is 1. The number of rotatable bonds is 5. The minimum absolute atomic E-state index is 0.343. The van der Waals surface area contributed by atoms with Gasteiger partial charge in [-0.2, -0.15) is 0 Å². The van der Waals surface area contributed by atoms with Crippen LogP contribution in [-0.4, -0.2) is 36.8 Å².